The summed E-state index contributed by atoms with van der Waals surface area (Å²) in [6.07, 6.45) is 0. The first-order chi connectivity index (χ1) is 8.03. The lowest BCUT2D eigenvalue weighted by Crippen LogP contribution is -2.41. The van der Waals surface area contributed by atoms with Gasteiger partial charge in [-0.25, -0.2) is 8.42 Å². The fourth-order valence-electron chi connectivity index (χ4n) is 2.10. The normalized spacial score (nSPS) is 18.7. The van der Waals surface area contributed by atoms with E-state index >= 15 is 0 Å². The smallest absolute Gasteiger partial charge is 0.153 e. The van der Waals surface area contributed by atoms with Gasteiger partial charge in [0.25, 0.3) is 0 Å². The van der Waals surface area contributed by atoms with E-state index < -0.39 is 9.84 Å². The number of sulfone groups is 1. The minimum absolute atomic E-state index is 0.173. The standard InChI is InChI=1S/C12H14N2O2S/c1-10-3-2-4-11(9-13)12(10)14-5-7-17(15,16)8-6-14/h2-4H,5-8H2,1H3. The summed E-state index contributed by atoms with van der Waals surface area (Å²) in [5.74, 6) is 0.346. The molecule has 1 aromatic rings. The van der Waals surface area contributed by atoms with Gasteiger partial charge in [-0.1, -0.05) is 12.1 Å². The van der Waals surface area contributed by atoms with Crippen molar-refractivity contribution in [3.05, 3.63) is 29.3 Å². The molecule has 0 atom stereocenters. The Morgan fingerprint density at radius 2 is 1.94 bits per heavy atom. The van der Waals surface area contributed by atoms with Crippen molar-refractivity contribution < 1.29 is 8.42 Å². The van der Waals surface area contributed by atoms with Crippen molar-refractivity contribution >= 4 is 15.5 Å². The van der Waals surface area contributed by atoms with Crippen molar-refractivity contribution in [1.82, 2.24) is 0 Å². The minimum atomic E-state index is -2.88. The third-order valence-corrected chi connectivity index (χ3v) is 4.63. The summed E-state index contributed by atoms with van der Waals surface area (Å²) in [5, 5.41) is 9.08. The van der Waals surface area contributed by atoms with Crippen molar-refractivity contribution in [2.45, 2.75) is 6.92 Å². The van der Waals surface area contributed by atoms with Crippen molar-refractivity contribution in [3.8, 4) is 6.07 Å². The predicted molar refractivity (Wildman–Crippen MR) is 66.8 cm³/mol. The molecule has 1 saturated heterocycles. The molecule has 1 aromatic carbocycles. The third kappa shape index (κ3) is 2.42. The maximum Gasteiger partial charge on any atom is 0.153 e. The molecule has 1 fully saturated rings. The molecule has 1 heterocycles. The molecule has 0 amide bonds. The highest BCUT2D eigenvalue weighted by Crippen LogP contribution is 2.25. The van der Waals surface area contributed by atoms with Gasteiger partial charge < -0.3 is 4.90 Å². The number of hydrogen-bond donors (Lipinski definition) is 0. The summed E-state index contributed by atoms with van der Waals surface area (Å²) in [6, 6.07) is 7.72. The van der Waals surface area contributed by atoms with Gasteiger partial charge in [0.1, 0.15) is 6.07 Å². The lowest BCUT2D eigenvalue weighted by molar-refractivity contribution is 0.586. The van der Waals surface area contributed by atoms with Gasteiger partial charge in [-0.2, -0.15) is 5.26 Å². The number of hydrogen-bond acceptors (Lipinski definition) is 4. The summed E-state index contributed by atoms with van der Waals surface area (Å²) in [6.45, 7) is 2.89. The summed E-state index contributed by atoms with van der Waals surface area (Å²) in [7, 11) is -2.88. The third-order valence-electron chi connectivity index (χ3n) is 3.02. The van der Waals surface area contributed by atoms with Crippen LogP contribution in [-0.4, -0.2) is 33.0 Å². The molecule has 0 radical (unpaired) electrons. The molecule has 90 valence electrons. The van der Waals surface area contributed by atoms with Crippen LogP contribution in [0.5, 0.6) is 0 Å². The van der Waals surface area contributed by atoms with Gasteiger partial charge in [-0.15, -0.1) is 0 Å². The largest absolute Gasteiger partial charge is 0.368 e. The van der Waals surface area contributed by atoms with Crippen molar-refractivity contribution in [2.24, 2.45) is 0 Å². The molecular weight excluding hydrogens is 236 g/mol. The van der Waals surface area contributed by atoms with Crippen LogP contribution in [0.2, 0.25) is 0 Å². The summed E-state index contributed by atoms with van der Waals surface area (Å²) in [4.78, 5) is 1.99. The van der Waals surface area contributed by atoms with Crippen molar-refractivity contribution in [2.75, 3.05) is 29.5 Å². The second-order valence-electron chi connectivity index (χ2n) is 4.22. The van der Waals surface area contributed by atoms with Crippen LogP contribution in [0.4, 0.5) is 5.69 Å². The summed E-state index contributed by atoms with van der Waals surface area (Å²) >= 11 is 0. The molecule has 1 aliphatic rings. The van der Waals surface area contributed by atoms with E-state index in [1.807, 2.05) is 24.0 Å². The van der Waals surface area contributed by atoms with Gasteiger partial charge >= 0.3 is 0 Å². The summed E-state index contributed by atoms with van der Waals surface area (Å²) in [5.41, 5.74) is 2.51. The molecule has 0 spiro atoms. The summed E-state index contributed by atoms with van der Waals surface area (Å²) < 4.78 is 22.8. The quantitative estimate of drug-likeness (QED) is 0.749. The number of para-hydroxylation sites is 1. The Labute approximate surface area is 101 Å². The lowest BCUT2D eigenvalue weighted by Gasteiger charge is -2.30. The van der Waals surface area contributed by atoms with E-state index in [1.54, 1.807) is 6.07 Å². The zero-order valence-electron chi connectivity index (χ0n) is 9.68. The van der Waals surface area contributed by atoms with Crippen LogP contribution in [0.1, 0.15) is 11.1 Å². The number of nitriles is 1. The lowest BCUT2D eigenvalue weighted by atomic mass is 10.1. The topological polar surface area (TPSA) is 61.2 Å². The molecule has 2 rings (SSSR count). The van der Waals surface area contributed by atoms with Crippen molar-refractivity contribution in [1.29, 1.82) is 5.26 Å². The van der Waals surface area contributed by atoms with E-state index in [0.717, 1.165) is 11.3 Å². The number of anilines is 1. The Morgan fingerprint density at radius 1 is 1.29 bits per heavy atom. The Hall–Kier alpha value is -1.54. The van der Waals surface area contributed by atoms with Gasteiger partial charge in [-0.3, -0.25) is 0 Å². The predicted octanol–water partition coefficient (Wildman–Crippen LogP) is 1.10. The molecule has 4 nitrogen and oxygen atoms in total. The van der Waals surface area contributed by atoms with Crippen LogP contribution < -0.4 is 4.90 Å². The molecule has 0 N–H and O–H groups in total. The first-order valence-electron chi connectivity index (χ1n) is 5.48. The Kier molecular flexibility index (Phi) is 3.07. The molecule has 17 heavy (non-hydrogen) atoms. The fourth-order valence-corrected chi connectivity index (χ4v) is 3.31. The van der Waals surface area contributed by atoms with Gasteiger partial charge in [0, 0.05) is 13.1 Å². The first-order valence-corrected chi connectivity index (χ1v) is 7.31. The van der Waals surface area contributed by atoms with E-state index in [9.17, 15) is 8.42 Å². The number of benzene rings is 1. The second kappa shape index (κ2) is 4.38. The Balaban J connectivity index is 2.34. The Morgan fingerprint density at radius 3 is 2.53 bits per heavy atom. The van der Waals surface area contributed by atoms with Crippen LogP contribution in [-0.2, 0) is 9.84 Å². The molecule has 0 saturated carbocycles. The van der Waals surface area contributed by atoms with Crippen molar-refractivity contribution in [3.63, 3.8) is 0 Å². The average Bonchev–Trinajstić information content (AvgIpc) is 2.29. The fraction of sp³-hybridized carbons (Fsp3) is 0.417. The average molecular weight is 250 g/mol. The van der Waals surface area contributed by atoms with Crippen LogP contribution in [0.25, 0.3) is 0 Å². The highest BCUT2D eigenvalue weighted by molar-refractivity contribution is 7.91. The van der Waals surface area contributed by atoms with E-state index in [4.69, 9.17) is 5.26 Å². The Bertz CT molecular complexity index is 559. The monoisotopic (exact) mass is 250 g/mol. The maximum atomic E-state index is 11.4. The SMILES string of the molecule is Cc1cccc(C#N)c1N1CCS(=O)(=O)CC1. The minimum Gasteiger partial charge on any atom is -0.368 e. The van der Waals surface area contributed by atoms with Gasteiger partial charge in [0.2, 0.25) is 0 Å². The second-order valence-corrected chi connectivity index (χ2v) is 6.53. The first kappa shape index (κ1) is 11.9. The zero-order valence-corrected chi connectivity index (χ0v) is 10.5. The number of nitrogens with zero attached hydrogens (tertiary/aromatic N) is 2. The van der Waals surface area contributed by atoms with E-state index in [2.05, 4.69) is 6.07 Å². The molecular formula is C12H14N2O2S. The van der Waals surface area contributed by atoms with Crippen LogP contribution in [0, 0.1) is 18.3 Å². The van der Waals surface area contributed by atoms with Crippen LogP contribution in [0.3, 0.4) is 0 Å². The molecule has 1 aliphatic heterocycles. The molecule has 5 heteroatoms. The van der Waals surface area contributed by atoms with Gasteiger partial charge in [0.15, 0.2) is 9.84 Å². The molecule has 0 aromatic heterocycles. The molecule has 0 aliphatic carbocycles. The van der Waals surface area contributed by atoms with E-state index in [-0.39, 0.29) is 11.5 Å². The molecule has 0 unspecified atom stereocenters. The van der Waals surface area contributed by atoms with Gasteiger partial charge in [-0.05, 0) is 18.6 Å². The molecule has 0 bridgehead atoms. The van der Waals surface area contributed by atoms with E-state index in [1.165, 1.54) is 0 Å². The van der Waals surface area contributed by atoms with Crippen LogP contribution >= 0.6 is 0 Å². The van der Waals surface area contributed by atoms with E-state index in [0.29, 0.717) is 18.7 Å². The highest BCUT2D eigenvalue weighted by atomic mass is 32.2. The van der Waals surface area contributed by atoms with Crippen LogP contribution in [0.15, 0.2) is 18.2 Å². The number of aryl methyl sites for hydroxylation is 1. The van der Waals surface area contributed by atoms with Gasteiger partial charge in [0.05, 0.1) is 22.8 Å². The number of rotatable bonds is 1. The highest BCUT2D eigenvalue weighted by Gasteiger charge is 2.24. The maximum absolute atomic E-state index is 11.4. The zero-order chi connectivity index (χ0) is 12.5.